The molecule has 0 aliphatic carbocycles. The Morgan fingerprint density at radius 1 is 1.14 bits per heavy atom. The zero-order valence-electron chi connectivity index (χ0n) is 8.16. The van der Waals surface area contributed by atoms with Crippen LogP contribution in [-0.4, -0.2) is 18.0 Å². The van der Waals surface area contributed by atoms with Crippen molar-refractivity contribution in [1.29, 1.82) is 0 Å². The second-order valence-electron chi connectivity index (χ2n) is 3.52. The Morgan fingerprint density at radius 2 is 1.57 bits per heavy atom. The summed E-state index contributed by atoms with van der Waals surface area (Å²) in [5.41, 5.74) is -0.971. The predicted molar refractivity (Wildman–Crippen MR) is 43.3 cm³/mol. The molecule has 0 radical (unpaired) electrons. The van der Waals surface area contributed by atoms with Crippen molar-refractivity contribution >= 4 is 11.8 Å². The third kappa shape index (κ3) is 3.35. The lowest BCUT2D eigenvalue weighted by Gasteiger charge is -2.20. The van der Waals surface area contributed by atoms with E-state index in [0.29, 0.717) is 6.42 Å². The summed E-state index contributed by atoms with van der Waals surface area (Å²) in [6.45, 7) is 4.58. The number of nitrogens with one attached hydrogen (secondary N) is 1. The summed E-state index contributed by atoms with van der Waals surface area (Å²) in [5, 5.41) is 1.31. The van der Waals surface area contributed by atoms with Gasteiger partial charge in [0.25, 0.3) is 0 Å². The second kappa shape index (κ2) is 3.98. The van der Waals surface area contributed by atoms with E-state index in [0.717, 1.165) is 0 Å². The maximum absolute atomic E-state index is 11.7. The van der Waals surface area contributed by atoms with Gasteiger partial charge in [0, 0.05) is 5.41 Å². The molecule has 0 spiro atoms. The zero-order chi connectivity index (χ0) is 11.6. The van der Waals surface area contributed by atoms with Gasteiger partial charge < -0.3 is 0 Å². The molecule has 0 aliphatic rings. The number of carbonyl (C=O) groups excluding carboxylic acids is 2. The Bertz CT molecular complexity index is 245. The van der Waals surface area contributed by atoms with Crippen LogP contribution in [0.3, 0.4) is 0 Å². The lowest BCUT2D eigenvalue weighted by atomic mass is 9.89. The van der Waals surface area contributed by atoms with Crippen molar-refractivity contribution < 1.29 is 22.8 Å². The standard InChI is InChI=1S/C8H12F3NO2/c1-4-7(2,3)5(13)12-6(14)8(9,10)11/h4H2,1-3H3,(H,12,13,14). The van der Waals surface area contributed by atoms with Gasteiger partial charge in [-0.25, -0.2) is 0 Å². The quantitative estimate of drug-likeness (QED) is 0.754. The maximum Gasteiger partial charge on any atom is 0.471 e. The van der Waals surface area contributed by atoms with Gasteiger partial charge in [-0.1, -0.05) is 20.8 Å². The normalized spacial score (nSPS) is 12.4. The Morgan fingerprint density at radius 3 is 1.86 bits per heavy atom. The lowest BCUT2D eigenvalue weighted by Crippen LogP contribution is -2.46. The molecule has 0 aromatic heterocycles. The van der Waals surface area contributed by atoms with Gasteiger partial charge in [0.15, 0.2) is 0 Å². The molecular formula is C8H12F3NO2. The molecule has 0 fully saturated rings. The van der Waals surface area contributed by atoms with Gasteiger partial charge in [-0.3, -0.25) is 14.9 Å². The Balaban J connectivity index is 4.43. The summed E-state index contributed by atoms with van der Waals surface area (Å²) < 4.78 is 35.2. The van der Waals surface area contributed by atoms with Crippen molar-refractivity contribution in [3.63, 3.8) is 0 Å². The van der Waals surface area contributed by atoms with Crippen molar-refractivity contribution in [3.8, 4) is 0 Å². The fourth-order valence-electron chi connectivity index (χ4n) is 0.504. The molecule has 2 amide bonds. The Kier molecular flexibility index (Phi) is 3.67. The molecule has 0 unspecified atom stereocenters. The van der Waals surface area contributed by atoms with E-state index in [1.807, 2.05) is 0 Å². The SMILES string of the molecule is CCC(C)(C)C(=O)NC(=O)C(F)(F)F. The van der Waals surface area contributed by atoms with E-state index in [-0.39, 0.29) is 0 Å². The summed E-state index contributed by atoms with van der Waals surface area (Å²) in [6.07, 6.45) is -4.66. The molecule has 0 heterocycles. The third-order valence-electron chi connectivity index (χ3n) is 1.98. The average molecular weight is 211 g/mol. The summed E-state index contributed by atoms with van der Waals surface area (Å²) in [6, 6.07) is 0. The van der Waals surface area contributed by atoms with Gasteiger partial charge in [0.05, 0.1) is 0 Å². The van der Waals surface area contributed by atoms with Crippen molar-refractivity contribution in [1.82, 2.24) is 5.32 Å². The minimum Gasteiger partial charge on any atom is -0.288 e. The molecule has 0 aromatic carbocycles. The predicted octanol–water partition coefficient (Wildman–Crippen LogP) is 1.63. The molecule has 0 rings (SSSR count). The van der Waals surface area contributed by atoms with Crippen LogP contribution in [0, 0.1) is 5.41 Å². The molecule has 0 aromatic rings. The van der Waals surface area contributed by atoms with E-state index in [1.54, 1.807) is 6.92 Å². The molecule has 0 saturated heterocycles. The van der Waals surface area contributed by atoms with Crippen LogP contribution >= 0.6 is 0 Å². The number of alkyl halides is 3. The first-order chi connectivity index (χ1) is 6.11. The van der Waals surface area contributed by atoms with E-state index < -0.39 is 23.4 Å². The van der Waals surface area contributed by atoms with Crippen molar-refractivity contribution in [2.75, 3.05) is 0 Å². The molecule has 6 heteroatoms. The molecule has 82 valence electrons. The molecule has 3 nitrogen and oxygen atoms in total. The van der Waals surface area contributed by atoms with Crippen LogP contribution in [0.5, 0.6) is 0 Å². The number of carbonyl (C=O) groups is 2. The Hall–Kier alpha value is -1.07. The van der Waals surface area contributed by atoms with E-state index in [1.165, 1.54) is 19.2 Å². The number of halogens is 3. The van der Waals surface area contributed by atoms with E-state index >= 15 is 0 Å². The third-order valence-corrected chi connectivity index (χ3v) is 1.98. The minimum atomic E-state index is -5.01. The van der Waals surface area contributed by atoms with Gasteiger partial charge >= 0.3 is 12.1 Å². The molecule has 0 atom stereocenters. The summed E-state index contributed by atoms with van der Waals surface area (Å²) in [4.78, 5) is 21.5. The van der Waals surface area contributed by atoms with E-state index in [4.69, 9.17) is 0 Å². The van der Waals surface area contributed by atoms with Crippen LogP contribution in [0.15, 0.2) is 0 Å². The topological polar surface area (TPSA) is 46.2 Å². The van der Waals surface area contributed by atoms with Crippen LogP contribution in [0.1, 0.15) is 27.2 Å². The maximum atomic E-state index is 11.7. The monoisotopic (exact) mass is 211 g/mol. The lowest BCUT2D eigenvalue weighted by molar-refractivity contribution is -0.175. The fraction of sp³-hybridized carbons (Fsp3) is 0.750. The first kappa shape index (κ1) is 12.9. The van der Waals surface area contributed by atoms with Gasteiger partial charge in [-0.15, -0.1) is 0 Å². The van der Waals surface area contributed by atoms with Crippen LogP contribution in [0.25, 0.3) is 0 Å². The number of rotatable bonds is 2. The van der Waals surface area contributed by atoms with Crippen LogP contribution in [0.4, 0.5) is 13.2 Å². The summed E-state index contributed by atoms with van der Waals surface area (Å²) in [5.74, 6) is -3.13. The fourth-order valence-corrected chi connectivity index (χ4v) is 0.504. The number of hydrogen-bond donors (Lipinski definition) is 1. The highest BCUT2D eigenvalue weighted by atomic mass is 19.4. The van der Waals surface area contributed by atoms with Crippen LogP contribution in [0.2, 0.25) is 0 Å². The van der Waals surface area contributed by atoms with E-state index in [9.17, 15) is 22.8 Å². The van der Waals surface area contributed by atoms with Crippen molar-refractivity contribution in [2.45, 2.75) is 33.4 Å². The van der Waals surface area contributed by atoms with Crippen molar-refractivity contribution in [2.24, 2.45) is 5.41 Å². The molecule has 1 N–H and O–H groups in total. The van der Waals surface area contributed by atoms with Gasteiger partial charge in [-0.05, 0) is 6.42 Å². The molecule has 0 bridgehead atoms. The summed E-state index contributed by atoms with van der Waals surface area (Å²) in [7, 11) is 0. The highest BCUT2D eigenvalue weighted by molar-refractivity contribution is 5.99. The Labute approximate surface area is 79.7 Å². The van der Waals surface area contributed by atoms with Gasteiger partial charge in [-0.2, -0.15) is 13.2 Å². The smallest absolute Gasteiger partial charge is 0.288 e. The molecule has 14 heavy (non-hydrogen) atoms. The van der Waals surface area contributed by atoms with E-state index in [2.05, 4.69) is 0 Å². The molecule has 0 aliphatic heterocycles. The first-order valence-corrected chi connectivity index (χ1v) is 4.04. The van der Waals surface area contributed by atoms with Crippen molar-refractivity contribution in [3.05, 3.63) is 0 Å². The summed E-state index contributed by atoms with van der Waals surface area (Å²) >= 11 is 0. The number of amides is 2. The largest absolute Gasteiger partial charge is 0.471 e. The van der Waals surface area contributed by atoms with Gasteiger partial charge in [0.2, 0.25) is 5.91 Å². The second-order valence-corrected chi connectivity index (χ2v) is 3.52. The molecular weight excluding hydrogens is 199 g/mol. The first-order valence-electron chi connectivity index (χ1n) is 4.04. The van der Waals surface area contributed by atoms with Gasteiger partial charge in [0.1, 0.15) is 0 Å². The average Bonchev–Trinajstić information content (AvgIpc) is 2.02. The van der Waals surface area contributed by atoms with Crippen LogP contribution in [-0.2, 0) is 9.59 Å². The number of imide groups is 1. The number of hydrogen-bond acceptors (Lipinski definition) is 2. The molecule has 0 saturated carbocycles. The minimum absolute atomic E-state index is 0.351. The zero-order valence-corrected chi connectivity index (χ0v) is 8.16. The highest BCUT2D eigenvalue weighted by Gasteiger charge is 2.41. The van der Waals surface area contributed by atoms with Crippen LogP contribution < -0.4 is 5.32 Å². The highest BCUT2D eigenvalue weighted by Crippen LogP contribution is 2.21.